The summed E-state index contributed by atoms with van der Waals surface area (Å²) >= 11 is 0. The van der Waals surface area contributed by atoms with Crippen LogP contribution in [0.4, 0.5) is 5.82 Å². The Bertz CT molecular complexity index is 754. The number of fused-ring (bicyclic) bond motifs is 1. The first-order valence-electron chi connectivity index (χ1n) is 7.38. The van der Waals surface area contributed by atoms with Crippen LogP contribution in [0.2, 0.25) is 0 Å². The van der Waals surface area contributed by atoms with Gasteiger partial charge in [0.15, 0.2) is 11.5 Å². The molecule has 0 aliphatic carbocycles. The first-order chi connectivity index (χ1) is 10.9. The molecule has 110 valence electrons. The minimum absolute atomic E-state index is 0.219. The quantitative estimate of drug-likeness (QED) is 0.852. The third kappa shape index (κ3) is 2.04. The van der Waals surface area contributed by atoms with Crippen LogP contribution in [-0.2, 0) is 0 Å². The zero-order valence-electron chi connectivity index (χ0n) is 12.0. The smallest absolute Gasteiger partial charge is 0.231 e. The molecular formula is C17H15N3O2. The van der Waals surface area contributed by atoms with E-state index >= 15 is 0 Å². The van der Waals surface area contributed by atoms with Crippen LogP contribution in [0.1, 0.15) is 30.0 Å². The standard InChI is InChI=1S/C17H15N3O2/c18-10-13-3-1-7-19-17(13)20-8-2-4-14(20)12-5-6-15-16(9-12)22-11-21-15/h1,3,5-7,9,14H,2,4,8,11H2. The zero-order chi connectivity index (χ0) is 14.9. The highest BCUT2D eigenvalue weighted by molar-refractivity contribution is 5.56. The van der Waals surface area contributed by atoms with Crippen LogP contribution in [0.3, 0.4) is 0 Å². The van der Waals surface area contributed by atoms with Crippen molar-refractivity contribution in [3.05, 3.63) is 47.7 Å². The Balaban J connectivity index is 1.71. The van der Waals surface area contributed by atoms with E-state index in [2.05, 4.69) is 22.0 Å². The third-order valence-electron chi connectivity index (χ3n) is 4.21. The van der Waals surface area contributed by atoms with Gasteiger partial charge in [-0.1, -0.05) is 6.07 Å². The number of pyridine rings is 1. The van der Waals surface area contributed by atoms with Gasteiger partial charge in [-0.25, -0.2) is 4.98 Å². The van der Waals surface area contributed by atoms with Crippen molar-refractivity contribution in [2.45, 2.75) is 18.9 Å². The summed E-state index contributed by atoms with van der Waals surface area (Å²) in [5, 5.41) is 9.31. The molecule has 5 heteroatoms. The number of benzene rings is 1. The van der Waals surface area contributed by atoms with Gasteiger partial charge in [-0.05, 0) is 42.7 Å². The molecule has 2 aliphatic rings. The van der Waals surface area contributed by atoms with Gasteiger partial charge in [-0.2, -0.15) is 5.26 Å². The summed E-state index contributed by atoms with van der Waals surface area (Å²) in [5.74, 6) is 2.36. The number of hydrogen-bond acceptors (Lipinski definition) is 5. The summed E-state index contributed by atoms with van der Waals surface area (Å²) in [7, 11) is 0. The molecule has 1 saturated heterocycles. The van der Waals surface area contributed by atoms with Crippen LogP contribution in [0, 0.1) is 11.3 Å². The van der Waals surface area contributed by atoms with E-state index < -0.39 is 0 Å². The molecular weight excluding hydrogens is 278 g/mol. The highest BCUT2D eigenvalue weighted by Gasteiger charge is 2.29. The van der Waals surface area contributed by atoms with Gasteiger partial charge in [0.25, 0.3) is 0 Å². The maximum absolute atomic E-state index is 9.31. The van der Waals surface area contributed by atoms with Crippen molar-refractivity contribution < 1.29 is 9.47 Å². The minimum atomic E-state index is 0.219. The molecule has 5 nitrogen and oxygen atoms in total. The third-order valence-corrected chi connectivity index (χ3v) is 4.21. The number of rotatable bonds is 2. The van der Waals surface area contributed by atoms with Gasteiger partial charge < -0.3 is 14.4 Å². The van der Waals surface area contributed by atoms with E-state index in [9.17, 15) is 5.26 Å². The van der Waals surface area contributed by atoms with Crippen LogP contribution < -0.4 is 14.4 Å². The molecule has 2 aromatic rings. The normalized spacial score (nSPS) is 19.2. The Morgan fingerprint density at radius 1 is 1.23 bits per heavy atom. The molecule has 22 heavy (non-hydrogen) atoms. The van der Waals surface area contributed by atoms with Gasteiger partial charge in [0.05, 0.1) is 11.6 Å². The summed E-state index contributed by atoms with van der Waals surface area (Å²) in [6.45, 7) is 1.19. The van der Waals surface area contributed by atoms with E-state index in [0.717, 1.165) is 36.7 Å². The van der Waals surface area contributed by atoms with E-state index in [4.69, 9.17) is 9.47 Å². The van der Waals surface area contributed by atoms with Gasteiger partial charge >= 0.3 is 0 Å². The monoisotopic (exact) mass is 293 g/mol. The van der Waals surface area contributed by atoms with Crippen LogP contribution >= 0.6 is 0 Å². The summed E-state index contributed by atoms with van der Waals surface area (Å²) in [5.41, 5.74) is 1.80. The van der Waals surface area contributed by atoms with Gasteiger partial charge in [-0.3, -0.25) is 0 Å². The fourth-order valence-electron chi connectivity index (χ4n) is 3.20. The molecule has 0 N–H and O–H groups in total. The number of ether oxygens (including phenoxy) is 2. The van der Waals surface area contributed by atoms with Crippen molar-refractivity contribution in [2.75, 3.05) is 18.2 Å². The lowest BCUT2D eigenvalue weighted by Crippen LogP contribution is -2.24. The first-order valence-corrected chi connectivity index (χ1v) is 7.38. The van der Waals surface area contributed by atoms with Crippen molar-refractivity contribution in [2.24, 2.45) is 0 Å². The Morgan fingerprint density at radius 3 is 3.05 bits per heavy atom. The number of anilines is 1. The van der Waals surface area contributed by atoms with Crippen LogP contribution in [-0.4, -0.2) is 18.3 Å². The van der Waals surface area contributed by atoms with Crippen molar-refractivity contribution >= 4 is 5.82 Å². The van der Waals surface area contributed by atoms with Gasteiger partial charge in [-0.15, -0.1) is 0 Å². The zero-order valence-corrected chi connectivity index (χ0v) is 12.0. The first kappa shape index (κ1) is 13.0. The topological polar surface area (TPSA) is 58.4 Å². The van der Waals surface area contributed by atoms with E-state index in [1.165, 1.54) is 5.56 Å². The molecule has 1 atom stereocenters. The van der Waals surface area contributed by atoms with Crippen LogP contribution in [0.15, 0.2) is 36.5 Å². The largest absolute Gasteiger partial charge is 0.454 e. The Morgan fingerprint density at radius 2 is 2.14 bits per heavy atom. The predicted molar refractivity (Wildman–Crippen MR) is 80.8 cm³/mol. The fourth-order valence-corrected chi connectivity index (χ4v) is 3.20. The second-order valence-corrected chi connectivity index (χ2v) is 5.45. The molecule has 3 heterocycles. The number of nitrogens with zero attached hydrogens (tertiary/aromatic N) is 3. The van der Waals surface area contributed by atoms with Gasteiger partial charge in [0, 0.05) is 12.7 Å². The van der Waals surface area contributed by atoms with Crippen molar-refractivity contribution in [3.8, 4) is 17.6 Å². The molecule has 0 saturated carbocycles. The van der Waals surface area contributed by atoms with Crippen molar-refractivity contribution in [1.29, 1.82) is 5.26 Å². The average molecular weight is 293 g/mol. The average Bonchev–Trinajstić information content (AvgIpc) is 3.22. The maximum Gasteiger partial charge on any atom is 0.231 e. The lowest BCUT2D eigenvalue weighted by atomic mass is 10.0. The second-order valence-electron chi connectivity index (χ2n) is 5.45. The molecule has 0 bridgehead atoms. The highest BCUT2D eigenvalue weighted by atomic mass is 16.7. The summed E-state index contributed by atoms with van der Waals surface area (Å²) in [6, 6.07) is 12.1. The molecule has 1 aromatic carbocycles. The fraction of sp³-hybridized carbons (Fsp3) is 0.294. The van der Waals surface area contributed by atoms with Gasteiger partial charge in [0.1, 0.15) is 11.9 Å². The molecule has 0 amide bonds. The molecule has 1 unspecified atom stereocenters. The maximum atomic E-state index is 9.31. The molecule has 2 aliphatic heterocycles. The van der Waals surface area contributed by atoms with Crippen molar-refractivity contribution in [3.63, 3.8) is 0 Å². The van der Waals surface area contributed by atoms with E-state index in [1.807, 2.05) is 18.2 Å². The molecule has 1 aromatic heterocycles. The van der Waals surface area contributed by atoms with E-state index in [0.29, 0.717) is 5.56 Å². The number of aromatic nitrogens is 1. The Hall–Kier alpha value is -2.74. The lowest BCUT2D eigenvalue weighted by Gasteiger charge is -2.26. The van der Waals surface area contributed by atoms with E-state index in [1.54, 1.807) is 12.3 Å². The van der Waals surface area contributed by atoms with E-state index in [-0.39, 0.29) is 12.8 Å². The van der Waals surface area contributed by atoms with Crippen LogP contribution in [0.5, 0.6) is 11.5 Å². The lowest BCUT2D eigenvalue weighted by molar-refractivity contribution is 0.174. The van der Waals surface area contributed by atoms with Crippen LogP contribution in [0.25, 0.3) is 0 Å². The molecule has 0 radical (unpaired) electrons. The number of hydrogen-bond donors (Lipinski definition) is 0. The predicted octanol–water partition coefficient (Wildman–Crippen LogP) is 3.02. The Kier molecular flexibility index (Phi) is 3.08. The number of nitriles is 1. The Labute approximate surface area is 128 Å². The summed E-state index contributed by atoms with van der Waals surface area (Å²) in [6.07, 6.45) is 3.87. The molecule has 1 fully saturated rings. The minimum Gasteiger partial charge on any atom is -0.454 e. The summed E-state index contributed by atoms with van der Waals surface area (Å²) in [4.78, 5) is 6.65. The second kappa shape index (κ2) is 5.23. The molecule has 0 spiro atoms. The highest BCUT2D eigenvalue weighted by Crippen LogP contribution is 2.40. The summed E-state index contributed by atoms with van der Waals surface area (Å²) < 4.78 is 10.8. The van der Waals surface area contributed by atoms with Crippen molar-refractivity contribution in [1.82, 2.24) is 4.98 Å². The molecule has 4 rings (SSSR count). The SMILES string of the molecule is N#Cc1cccnc1N1CCCC1c1ccc2c(c1)OCO2. The van der Waals surface area contributed by atoms with Gasteiger partial charge in [0.2, 0.25) is 6.79 Å².